The summed E-state index contributed by atoms with van der Waals surface area (Å²) in [5.41, 5.74) is 0. The summed E-state index contributed by atoms with van der Waals surface area (Å²) in [4.78, 5) is 12.2. The third-order valence-corrected chi connectivity index (χ3v) is 1.76. The summed E-state index contributed by atoms with van der Waals surface area (Å²) in [6, 6.07) is 0.563. The van der Waals surface area contributed by atoms with Crippen LogP contribution in [0, 0.1) is 0 Å². The average molecular weight is 158 g/mol. The predicted octanol–water partition coefficient (Wildman–Crippen LogP) is 0.463. The molecular weight excluding hydrogens is 140 g/mol. The zero-order valence-corrected chi connectivity index (χ0v) is 7.63. The molecule has 0 bridgehead atoms. The molecule has 3 heteroatoms. The molecule has 0 aliphatic rings. The maximum absolute atomic E-state index is 9.91. The maximum atomic E-state index is 9.91. The zero-order valence-electron chi connectivity index (χ0n) is 7.63. The van der Waals surface area contributed by atoms with Crippen LogP contribution in [0.2, 0.25) is 0 Å². The Balaban J connectivity index is 3.43. The Morgan fingerprint density at radius 2 is 2.18 bits per heavy atom. The van der Waals surface area contributed by atoms with E-state index in [9.17, 15) is 4.79 Å². The maximum Gasteiger partial charge on any atom is 0.207 e. The van der Waals surface area contributed by atoms with Gasteiger partial charge < -0.3 is 5.32 Å². The summed E-state index contributed by atoms with van der Waals surface area (Å²) in [5.74, 6) is 0. The van der Waals surface area contributed by atoms with Gasteiger partial charge in [0.05, 0.1) is 0 Å². The summed E-state index contributed by atoms with van der Waals surface area (Å²) >= 11 is 0. The highest BCUT2D eigenvalue weighted by Gasteiger charge is 2.04. The number of likely N-dealkylation sites (N-methyl/N-ethyl adjacent to an activating group) is 1. The van der Waals surface area contributed by atoms with Gasteiger partial charge in [-0.05, 0) is 20.4 Å². The standard InChI is InChI=1S/C8H18N2O/c1-4-10(8(2)3)6-5-9-7-11/h7-8H,4-6H2,1-3H3,(H,9,11). The highest BCUT2D eigenvalue weighted by molar-refractivity contribution is 5.45. The number of nitrogens with one attached hydrogen (secondary N) is 1. The van der Waals surface area contributed by atoms with Crippen molar-refractivity contribution in [2.45, 2.75) is 26.8 Å². The summed E-state index contributed by atoms with van der Waals surface area (Å²) in [7, 11) is 0. The number of hydrogen-bond acceptors (Lipinski definition) is 2. The van der Waals surface area contributed by atoms with Gasteiger partial charge in [0.1, 0.15) is 0 Å². The minimum absolute atomic E-state index is 0.563. The van der Waals surface area contributed by atoms with Crippen molar-refractivity contribution in [3.05, 3.63) is 0 Å². The van der Waals surface area contributed by atoms with E-state index in [1.54, 1.807) is 0 Å². The van der Waals surface area contributed by atoms with Crippen LogP contribution in [0.25, 0.3) is 0 Å². The fourth-order valence-electron chi connectivity index (χ4n) is 1.05. The van der Waals surface area contributed by atoms with Crippen molar-refractivity contribution in [1.29, 1.82) is 0 Å². The Kier molecular flexibility index (Phi) is 5.84. The van der Waals surface area contributed by atoms with Crippen LogP contribution in [0.1, 0.15) is 20.8 Å². The van der Waals surface area contributed by atoms with E-state index in [1.165, 1.54) is 0 Å². The molecule has 1 amide bonds. The lowest BCUT2D eigenvalue weighted by Crippen LogP contribution is -2.36. The summed E-state index contributed by atoms with van der Waals surface area (Å²) in [6.45, 7) is 9.16. The van der Waals surface area contributed by atoms with E-state index in [0.29, 0.717) is 6.04 Å². The first kappa shape index (κ1) is 10.4. The Bertz CT molecular complexity index is 104. The molecule has 0 aromatic rings. The second-order valence-electron chi connectivity index (χ2n) is 2.79. The molecule has 66 valence electrons. The van der Waals surface area contributed by atoms with E-state index in [-0.39, 0.29) is 0 Å². The highest BCUT2D eigenvalue weighted by atomic mass is 16.1. The number of carbonyl (C=O) groups is 1. The van der Waals surface area contributed by atoms with Gasteiger partial charge in [-0.15, -0.1) is 0 Å². The largest absolute Gasteiger partial charge is 0.357 e. The van der Waals surface area contributed by atoms with Crippen molar-refractivity contribution in [3.8, 4) is 0 Å². The SMILES string of the molecule is CCN(CCNC=O)C(C)C. The van der Waals surface area contributed by atoms with Crippen molar-refractivity contribution in [2.24, 2.45) is 0 Å². The molecule has 3 nitrogen and oxygen atoms in total. The molecule has 0 fully saturated rings. The van der Waals surface area contributed by atoms with Crippen LogP contribution in [0.5, 0.6) is 0 Å². The molecule has 11 heavy (non-hydrogen) atoms. The number of amides is 1. The zero-order chi connectivity index (χ0) is 8.69. The lowest BCUT2D eigenvalue weighted by molar-refractivity contribution is -0.109. The lowest BCUT2D eigenvalue weighted by atomic mass is 10.3. The summed E-state index contributed by atoms with van der Waals surface area (Å²) in [6.07, 6.45) is 0.744. The Morgan fingerprint density at radius 1 is 1.55 bits per heavy atom. The average Bonchev–Trinajstić information content (AvgIpc) is 1.97. The summed E-state index contributed by atoms with van der Waals surface area (Å²) in [5, 5.41) is 2.65. The van der Waals surface area contributed by atoms with Crippen LogP contribution >= 0.6 is 0 Å². The van der Waals surface area contributed by atoms with E-state index in [4.69, 9.17) is 0 Å². The molecule has 0 aromatic heterocycles. The van der Waals surface area contributed by atoms with Gasteiger partial charge in [0, 0.05) is 19.1 Å². The molecule has 0 aliphatic carbocycles. The van der Waals surface area contributed by atoms with E-state index >= 15 is 0 Å². The van der Waals surface area contributed by atoms with Crippen LogP contribution in [0.15, 0.2) is 0 Å². The topological polar surface area (TPSA) is 32.3 Å². The fraction of sp³-hybridized carbons (Fsp3) is 0.875. The van der Waals surface area contributed by atoms with Crippen LogP contribution in [-0.2, 0) is 4.79 Å². The molecule has 0 unspecified atom stereocenters. The first-order valence-corrected chi connectivity index (χ1v) is 4.13. The molecule has 0 rings (SSSR count). The minimum atomic E-state index is 0.563. The van der Waals surface area contributed by atoms with Gasteiger partial charge in [-0.2, -0.15) is 0 Å². The number of hydrogen-bond donors (Lipinski definition) is 1. The molecule has 0 saturated carbocycles. The highest BCUT2D eigenvalue weighted by Crippen LogP contribution is 1.94. The molecule has 0 saturated heterocycles. The monoisotopic (exact) mass is 158 g/mol. The van der Waals surface area contributed by atoms with Crippen molar-refractivity contribution < 1.29 is 4.79 Å². The molecule has 0 spiro atoms. The second kappa shape index (κ2) is 6.16. The molecular formula is C8H18N2O. The predicted molar refractivity (Wildman–Crippen MR) is 46.4 cm³/mol. The quantitative estimate of drug-likeness (QED) is 0.450. The van der Waals surface area contributed by atoms with Crippen LogP contribution in [0.3, 0.4) is 0 Å². The number of rotatable bonds is 6. The van der Waals surface area contributed by atoms with Gasteiger partial charge in [-0.1, -0.05) is 6.92 Å². The van der Waals surface area contributed by atoms with Gasteiger partial charge in [-0.3, -0.25) is 9.69 Å². The van der Waals surface area contributed by atoms with Crippen LogP contribution < -0.4 is 5.32 Å². The molecule has 0 atom stereocenters. The third kappa shape index (κ3) is 4.79. The number of carbonyl (C=O) groups excluding carboxylic acids is 1. The fourth-order valence-corrected chi connectivity index (χ4v) is 1.05. The van der Waals surface area contributed by atoms with Crippen molar-refractivity contribution in [3.63, 3.8) is 0 Å². The Labute approximate surface area is 68.8 Å². The van der Waals surface area contributed by atoms with Crippen molar-refractivity contribution in [2.75, 3.05) is 19.6 Å². The molecule has 0 aliphatic heterocycles. The van der Waals surface area contributed by atoms with Gasteiger partial charge in [0.25, 0.3) is 0 Å². The molecule has 0 radical (unpaired) electrons. The number of nitrogens with zero attached hydrogens (tertiary/aromatic N) is 1. The van der Waals surface area contributed by atoms with Gasteiger partial charge in [-0.25, -0.2) is 0 Å². The molecule has 0 heterocycles. The first-order chi connectivity index (χ1) is 5.22. The van der Waals surface area contributed by atoms with E-state index in [2.05, 4.69) is 31.0 Å². The minimum Gasteiger partial charge on any atom is -0.357 e. The smallest absolute Gasteiger partial charge is 0.207 e. The second-order valence-corrected chi connectivity index (χ2v) is 2.79. The van der Waals surface area contributed by atoms with E-state index < -0.39 is 0 Å². The Morgan fingerprint density at radius 3 is 2.55 bits per heavy atom. The van der Waals surface area contributed by atoms with E-state index in [1.807, 2.05) is 0 Å². The normalized spacial score (nSPS) is 10.6. The summed E-state index contributed by atoms with van der Waals surface area (Å²) < 4.78 is 0. The van der Waals surface area contributed by atoms with Crippen molar-refractivity contribution >= 4 is 6.41 Å². The lowest BCUT2D eigenvalue weighted by Gasteiger charge is -2.24. The van der Waals surface area contributed by atoms with Crippen LogP contribution in [0.4, 0.5) is 0 Å². The third-order valence-electron chi connectivity index (χ3n) is 1.76. The van der Waals surface area contributed by atoms with Gasteiger partial charge in [0.15, 0.2) is 0 Å². The first-order valence-electron chi connectivity index (χ1n) is 4.13. The Hall–Kier alpha value is -0.570. The van der Waals surface area contributed by atoms with E-state index in [0.717, 1.165) is 26.0 Å². The molecule has 0 aromatic carbocycles. The van der Waals surface area contributed by atoms with Gasteiger partial charge in [0.2, 0.25) is 6.41 Å². The van der Waals surface area contributed by atoms with Crippen molar-refractivity contribution in [1.82, 2.24) is 10.2 Å². The molecule has 1 N–H and O–H groups in total. The van der Waals surface area contributed by atoms with Gasteiger partial charge >= 0.3 is 0 Å². The van der Waals surface area contributed by atoms with Crippen LogP contribution in [-0.4, -0.2) is 37.0 Å².